The molecule has 0 atom stereocenters. The molecule has 2 N–H and O–H groups in total. The van der Waals surface area contributed by atoms with Crippen molar-refractivity contribution in [2.45, 2.75) is 13.8 Å². The zero-order valence-electron chi connectivity index (χ0n) is 16.6. The highest BCUT2D eigenvalue weighted by Gasteiger charge is 2.26. The second-order valence-electron chi connectivity index (χ2n) is 6.79. The molecule has 4 nitrogen and oxygen atoms in total. The summed E-state index contributed by atoms with van der Waals surface area (Å²) < 4.78 is 12.0. The third kappa shape index (κ3) is 3.44. The predicted molar refractivity (Wildman–Crippen MR) is 119 cm³/mol. The maximum atomic E-state index is 10.1. The third-order valence-electron chi connectivity index (χ3n) is 5.04. The normalized spacial score (nSPS) is 11.0. The van der Waals surface area contributed by atoms with Crippen LogP contribution in [0.3, 0.4) is 0 Å². The number of rotatable bonds is 6. The van der Waals surface area contributed by atoms with E-state index >= 15 is 0 Å². The van der Waals surface area contributed by atoms with Gasteiger partial charge in [0.15, 0.2) is 0 Å². The highest BCUT2D eigenvalue weighted by atomic mass is 16.5. The van der Waals surface area contributed by atoms with Crippen molar-refractivity contribution in [3.8, 4) is 22.6 Å². The minimum absolute atomic E-state index is 0.343. The molecule has 0 fully saturated rings. The molecule has 0 aromatic heterocycles. The first-order chi connectivity index (χ1) is 14.2. The Bertz CT molecular complexity index is 1170. The minimum Gasteiger partial charge on any atom is -0.494 e. The summed E-state index contributed by atoms with van der Waals surface area (Å²) in [5.74, 6) is 1.21. The summed E-state index contributed by atoms with van der Waals surface area (Å²) >= 11 is 0. The van der Waals surface area contributed by atoms with Crippen LogP contribution in [-0.2, 0) is 0 Å². The molecule has 4 aromatic carbocycles. The maximum absolute atomic E-state index is 10.1. The van der Waals surface area contributed by atoms with Crippen LogP contribution >= 0.6 is 0 Å². The first kappa shape index (κ1) is 19.3. The fourth-order valence-electron chi connectivity index (χ4n) is 3.88. The fraction of sp³-hybridized carbons (Fsp3) is 0.167. The summed E-state index contributed by atoms with van der Waals surface area (Å²) in [4.78, 5) is 0. The van der Waals surface area contributed by atoms with Gasteiger partial charge in [-0.3, -0.25) is 0 Å². The molecule has 0 saturated heterocycles. The van der Waals surface area contributed by atoms with Gasteiger partial charge in [0.25, 0.3) is 0 Å². The molecule has 0 heterocycles. The van der Waals surface area contributed by atoms with Crippen molar-refractivity contribution in [2.75, 3.05) is 13.2 Å². The van der Waals surface area contributed by atoms with Crippen LogP contribution < -0.4 is 14.9 Å². The predicted octanol–water partition coefficient (Wildman–Crippen LogP) is 4.14. The van der Waals surface area contributed by atoms with E-state index in [0.29, 0.717) is 24.4 Å². The van der Waals surface area contributed by atoms with Crippen molar-refractivity contribution in [2.24, 2.45) is 0 Å². The Labute approximate surface area is 170 Å². The van der Waals surface area contributed by atoms with E-state index in [1.807, 2.05) is 62.4 Å². The lowest BCUT2D eigenvalue weighted by atomic mass is 9.75. The van der Waals surface area contributed by atoms with Crippen molar-refractivity contribution >= 4 is 34.1 Å². The molecule has 4 rings (SSSR count). The highest BCUT2D eigenvalue weighted by Crippen LogP contribution is 2.44. The number of benzene rings is 4. The van der Waals surface area contributed by atoms with Gasteiger partial charge < -0.3 is 19.5 Å². The van der Waals surface area contributed by atoms with Crippen LogP contribution in [0.2, 0.25) is 0 Å². The van der Waals surface area contributed by atoms with Crippen LogP contribution in [0.1, 0.15) is 13.8 Å². The van der Waals surface area contributed by atoms with Gasteiger partial charge in [-0.25, -0.2) is 0 Å². The number of fused-ring (bicyclic) bond motifs is 2. The Morgan fingerprint density at radius 2 is 1.34 bits per heavy atom. The Balaban J connectivity index is 2.21. The highest BCUT2D eigenvalue weighted by molar-refractivity contribution is 6.60. The quantitative estimate of drug-likeness (QED) is 0.489. The zero-order chi connectivity index (χ0) is 20.4. The Hall–Kier alpha value is -3.02. The number of hydrogen-bond acceptors (Lipinski definition) is 4. The molecule has 0 aliphatic heterocycles. The Kier molecular flexibility index (Phi) is 5.43. The van der Waals surface area contributed by atoms with Crippen LogP contribution in [0.5, 0.6) is 11.5 Å². The van der Waals surface area contributed by atoms with Crippen molar-refractivity contribution < 1.29 is 19.5 Å². The topological polar surface area (TPSA) is 58.9 Å². The van der Waals surface area contributed by atoms with Gasteiger partial charge in [-0.1, -0.05) is 60.7 Å². The molecule has 0 spiro atoms. The van der Waals surface area contributed by atoms with Crippen molar-refractivity contribution in [3.63, 3.8) is 0 Å². The molecule has 0 bridgehead atoms. The van der Waals surface area contributed by atoms with E-state index in [4.69, 9.17) is 9.47 Å². The van der Waals surface area contributed by atoms with Gasteiger partial charge in [0.05, 0.1) is 13.2 Å². The molecule has 0 saturated carbocycles. The van der Waals surface area contributed by atoms with Crippen molar-refractivity contribution in [3.05, 3.63) is 66.7 Å². The second kappa shape index (κ2) is 8.15. The Morgan fingerprint density at radius 3 is 2.00 bits per heavy atom. The summed E-state index contributed by atoms with van der Waals surface area (Å²) in [6.45, 7) is 4.77. The van der Waals surface area contributed by atoms with Gasteiger partial charge in [-0.15, -0.1) is 0 Å². The van der Waals surface area contributed by atoms with Crippen LogP contribution in [0.4, 0.5) is 0 Å². The summed E-state index contributed by atoms with van der Waals surface area (Å²) in [5.41, 5.74) is 2.05. The van der Waals surface area contributed by atoms with Gasteiger partial charge in [0.1, 0.15) is 11.5 Å². The van der Waals surface area contributed by atoms with E-state index in [1.54, 1.807) is 6.07 Å². The average molecular weight is 386 g/mol. The SMILES string of the molecule is CCOc1ccc2ccccc2c1-c1c(OCC)c(B(O)O)cc2ccccc12. The molecule has 0 radical (unpaired) electrons. The van der Waals surface area contributed by atoms with E-state index in [-0.39, 0.29) is 0 Å². The lowest BCUT2D eigenvalue weighted by Gasteiger charge is -2.21. The van der Waals surface area contributed by atoms with Crippen LogP contribution in [-0.4, -0.2) is 30.4 Å². The maximum Gasteiger partial charge on any atom is 0.492 e. The lowest BCUT2D eigenvalue weighted by molar-refractivity contribution is 0.337. The van der Waals surface area contributed by atoms with Gasteiger partial charge >= 0.3 is 7.12 Å². The fourth-order valence-corrected chi connectivity index (χ4v) is 3.88. The largest absolute Gasteiger partial charge is 0.494 e. The molecule has 4 aromatic rings. The van der Waals surface area contributed by atoms with Gasteiger partial charge in [-0.2, -0.15) is 0 Å². The van der Waals surface area contributed by atoms with Crippen LogP contribution in [0, 0.1) is 0 Å². The van der Waals surface area contributed by atoms with Crippen molar-refractivity contribution in [1.82, 2.24) is 0 Å². The molecular weight excluding hydrogens is 363 g/mol. The lowest BCUT2D eigenvalue weighted by Crippen LogP contribution is -2.32. The minimum atomic E-state index is -1.65. The molecule has 146 valence electrons. The molecule has 0 aliphatic rings. The van der Waals surface area contributed by atoms with Crippen LogP contribution in [0.15, 0.2) is 66.7 Å². The molecule has 0 amide bonds. The third-order valence-corrected chi connectivity index (χ3v) is 5.04. The first-order valence-corrected chi connectivity index (χ1v) is 9.85. The molecular formula is C24H23BO4. The Morgan fingerprint density at radius 1 is 0.724 bits per heavy atom. The molecule has 29 heavy (non-hydrogen) atoms. The van der Waals surface area contributed by atoms with E-state index < -0.39 is 7.12 Å². The molecule has 0 aliphatic carbocycles. The first-order valence-electron chi connectivity index (χ1n) is 9.85. The number of ether oxygens (including phenoxy) is 2. The van der Waals surface area contributed by atoms with E-state index in [1.165, 1.54) is 0 Å². The number of hydrogen-bond donors (Lipinski definition) is 2. The molecule has 0 unspecified atom stereocenters. The van der Waals surface area contributed by atoms with Crippen molar-refractivity contribution in [1.29, 1.82) is 0 Å². The second-order valence-corrected chi connectivity index (χ2v) is 6.79. The summed E-state index contributed by atoms with van der Waals surface area (Å²) in [7, 11) is -1.65. The van der Waals surface area contributed by atoms with Gasteiger partial charge in [0, 0.05) is 16.6 Å². The monoisotopic (exact) mass is 386 g/mol. The smallest absolute Gasteiger partial charge is 0.492 e. The summed E-state index contributed by atoms with van der Waals surface area (Å²) in [6.07, 6.45) is 0. The van der Waals surface area contributed by atoms with E-state index in [2.05, 4.69) is 12.1 Å². The van der Waals surface area contributed by atoms with Gasteiger partial charge in [0.2, 0.25) is 0 Å². The van der Waals surface area contributed by atoms with E-state index in [0.717, 1.165) is 38.4 Å². The molecule has 5 heteroatoms. The summed E-state index contributed by atoms with van der Waals surface area (Å²) in [6, 6.07) is 21.8. The standard InChI is InChI=1S/C24H23BO4/c1-3-28-21-14-13-16-9-5-7-11-18(16)22(21)23-19-12-8-6-10-17(19)15-20(25(26)27)24(23)29-4-2/h5-15,26-27H,3-4H2,1-2H3. The van der Waals surface area contributed by atoms with Crippen LogP contribution in [0.25, 0.3) is 32.7 Å². The van der Waals surface area contributed by atoms with Gasteiger partial charge in [-0.05, 0) is 41.5 Å². The average Bonchev–Trinajstić information content (AvgIpc) is 2.74. The summed E-state index contributed by atoms with van der Waals surface area (Å²) in [5, 5.41) is 24.2. The van der Waals surface area contributed by atoms with E-state index in [9.17, 15) is 10.0 Å². The zero-order valence-corrected chi connectivity index (χ0v) is 16.6.